The lowest BCUT2D eigenvalue weighted by Crippen LogP contribution is -2.27. The normalized spacial score (nSPS) is 17.2. The number of carbonyl (C=O) groups is 1. The fourth-order valence-electron chi connectivity index (χ4n) is 2.35. The van der Waals surface area contributed by atoms with E-state index in [1.165, 1.54) is 0 Å². The van der Waals surface area contributed by atoms with Gasteiger partial charge in [-0.25, -0.2) is 8.78 Å². The van der Waals surface area contributed by atoms with Crippen molar-refractivity contribution in [1.82, 2.24) is 5.32 Å². The minimum atomic E-state index is -2.52. The summed E-state index contributed by atoms with van der Waals surface area (Å²) in [4.78, 5) is 11.9. The van der Waals surface area contributed by atoms with E-state index in [9.17, 15) is 13.6 Å². The van der Waals surface area contributed by atoms with Crippen LogP contribution in [-0.4, -0.2) is 31.5 Å². The number of carbonyl (C=O) groups excluding carboxylic acids is 1. The third-order valence-electron chi connectivity index (χ3n) is 3.43. The van der Waals surface area contributed by atoms with E-state index in [0.717, 1.165) is 24.9 Å². The van der Waals surface area contributed by atoms with E-state index >= 15 is 0 Å². The second kappa shape index (κ2) is 8.90. The molecule has 2 N–H and O–H groups in total. The van der Waals surface area contributed by atoms with Crippen LogP contribution in [-0.2, 0) is 4.79 Å². The van der Waals surface area contributed by atoms with E-state index in [1.54, 1.807) is 25.1 Å². The van der Waals surface area contributed by atoms with Gasteiger partial charge < -0.3 is 15.4 Å². The summed E-state index contributed by atoms with van der Waals surface area (Å²) in [6.45, 7) is 2.08. The van der Waals surface area contributed by atoms with Gasteiger partial charge in [0.1, 0.15) is 12.4 Å². The third kappa shape index (κ3) is 5.77. The van der Waals surface area contributed by atoms with Crippen LogP contribution < -0.4 is 15.4 Å². The van der Waals surface area contributed by atoms with Crippen LogP contribution >= 0.6 is 12.4 Å². The molecule has 1 unspecified atom stereocenters. The predicted octanol–water partition coefficient (Wildman–Crippen LogP) is 3.14. The van der Waals surface area contributed by atoms with Crippen molar-refractivity contribution in [2.45, 2.75) is 38.7 Å². The van der Waals surface area contributed by atoms with Crippen molar-refractivity contribution in [1.29, 1.82) is 0 Å². The molecule has 124 valence electrons. The molecule has 0 aliphatic carbocycles. The highest BCUT2D eigenvalue weighted by Gasteiger charge is 2.17. The summed E-state index contributed by atoms with van der Waals surface area (Å²) < 4.78 is 29.4. The monoisotopic (exact) mass is 334 g/mol. The van der Waals surface area contributed by atoms with Crippen LogP contribution in [0, 0.1) is 6.92 Å². The van der Waals surface area contributed by atoms with Crippen molar-refractivity contribution in [2.24, 2.45) is 0 Å². The van der Waals surface area contributed by atoms with Crippen molar-refractivity contribution in [2.75, 3.05) is 18.5 Å². The molecule has 1 aromatic carbocycles. The number of aryl methyl sites for hydroxylation is 1. The number of alkyl halides is 2. The highest BCUT2D eigenvalue weighted by atomic mass is 35.5. The fourth-order valence-corrected chi connectivity index (χ4v) is 2.35. The van der Waals surface area contributed by atoms with Gasteiger partial charge in [0.25, 0.3) is 6.43 Å². The first-order valence-corrected chi connectivity index (χ1v) is 7.09. The highest BCUT2D eigenvalue weighted by molar-refractivity contribution is 5.91. The molecule has 22 heavy (non-hydrogen) atoms. The largest absolute Gasteiger partial charge is 0.487 e. The molecule has 1 saturated heterocycles. The summed E-state index contributed by atoms with van der Waals surface area (Å²) in [5, 5.41) is 6.04. The first-order valence-electron chi connectivity index (χ1n) is 7.09. The Balaban J connectivity index is 0.00000242. The summed E-state index contributed by atoms with van der Waals surface area (Å²) in [6, 6.07) is 5.29. The van der Waals surface area contributed by atoms with Crippen LogP contribution in [0.4, 0.5) is 14.5 Å². The van der Waals surface area contributed by atoms with Crippen molar-refractivity contribution in [3.63, 3.8) is 0 Å². The molecule has 2 rings (SSSR count). The van der Waals surface area contributed by atoms with Crippen LogP contribution in [0.25, 0.3) is 0 Å². The molecule has 1 aliphatic heterocycles. The molecule has 1 aromatic rings. The number of ether oxygens (including phenoxy) is 1. The predicted molar refractivity (Wildman–Crippen MR) is 84.2 cm³/mol. The first-order chi connectivity index (χ1) is 10.0. The number of nitrogens with one attached hydrogen (secondary N) is 2. The minimum Gasteiger partial charge on any atom is -0.487 e. The maximum atomic E-state index is 12.2. The van der Waals surface area contributed by atoms with E-state index < -0.39 is 13.0 Å². The van der Waals surface area contributed by atoms with E-state index in [1.807, 2.05) is 0 Å². The van der Waals surface area contributed by atoms with Crippen LogP contribution in [0.3, 0.4) is 0 Å². The van der Waals surface area contributed by atoms with Crippen molar-refractivity contribution < 1.29 is 18.3 Å². The number of anilines is 1. The number of amides is 1. The van der Waals surface area contributed by atoms with Gasteiger partial charge in [0.15, 0.2) is 0 Å². The van der Waals surface area contributed by atoms with Crippen LogP contribution in [0.5, 0.6) is 5.75 Å². The van der Waals surface area contributed by atoms with Crippen molar-refractivity contribution >= 4 is 24.0 Å². The molecule has 1 heterocycles. The molecule has 1 fully saturated rings. The third-order valence-corrected chi connectivity index (χ3v) is 3.43. The lowest BCUT2D eigenvalue weighted by atomic mass is 10.1. The van der Waals surface area contributed by atoms with Crippen LogP contribution in [0.1, 0.15) is 24.8 Å². The summed E-state index contributed by atoms with van der Waals surface area (Å²) >= 11 is 0. The Bertz CT molecular complexity index is 494. The molecular formula is C15H21ClF2N2O2. The summed E-state index contributed by atoms with van der Waals surface area (Å²) in [5.74, 6) is 0.283. The average molecular weight is 335 g/mol. The van der Waals surface area contributed by atoms with Crippen molar-refractivity contribution in [3.8, 4) is 5.75 Å². The molecule has 1 amide bonds. The molecule has 0 spiro atoms. The van der Waals surface area contributed by atoms with E-state index in [2.05, 4.69) is 10.6 Å². The van der Waals surface area contributed by atoms with Gasteiger partial charge in [0.2, 0.25) is 5.91 Å². The number of hydrogen-bond acceptors (Lipinski definition) is 3. The number of benzene rings is 1. The molecule has 0 saturated carbocycles. The Morgan fingerprint density at radius 3 is 2.91 bits per heavy atom. The maximum Gasteiger partial charge on any atom is 0.272 e. The Labute approximate surface area is 135 Å². The highest BCUT2D eigenvalue weighted by Crippen LogP contribution is 2.23. The summed E-state index contributed by atoms with van der Waals surface area (Å²) in [6.07, 6.45) is -0.00435. The molecule has 1 atom stereocenters. The SMILES string of the molecule is Cc1ccc(NC(=O)CC2CCCN2)cc1OCC(F)F.Cl. The van der Waals surface area contributed by atoms with Gasteiger partial charge in [0, 0.05) is 24.2 Å². The second-order valence-corrected chi connectivity index (χ2v) is 5.23. The van der Waals surface area contributed by atoms with E-state index in [4.69, 9.17) is 4.74 Å². The van der Waals surface area contributed by atoms with Crippen molar-refractivity contribution in [3.05, 3.63) is 23.8 Å². The number of hydrogen-bond donors (Lipinski definition) is 2. The molecular weight excluding hydrogens is 314 g/mol. The van der Waals surface area contributed by atoms with Crippen LogP contribution in [0.2, 0.25) is 0 Å². The van der Waals surface area contributed by atoms with Gasteiger partial charge in [-0.2, -0.15) is 0 Å². The van der Waals surface area contributed by atoms with E-state index in [-0.39, 0.29) is 24.4 Å². The fraction of sp³-hybridized carbons (Fsp3) is 0.533. The lowest BCUT2D eigenvalue weighted by Gasteiger charge is -2.13. The second-order valence-electron chi connectivity index (χ2n) is 5.23. The molecule has 1 aliphatic rings. The molecule has 0 radical (unpaired) electrons. The zero-order valence-electron chi connectivity index (χ0n) is 12.4. The smallest absolute Gasteiger partial charge is 0.272 e. The van der Waals surface area contributed by atoms with Gasteiger partial charge in [-0.05, 0) is 37.9 Å². The quantitative estimate of drug-likeness (QED) is 0.840. The zero-order valence-corrected chi connectivity index (χ0v) is 13.2. The summed E-state index contributed by atoms with van der Waals surface area (Å²) in [5.41, 5.74) is 1.32. The van der Waals surface area contributed by atoms with Gasteiger partial charge >= 0.3 is 0 Å². The van der Waals surface area contributed by atoms with Gasteiger partial charge in [-0.3, -0.25) is 4.79 Å². The average Bonchev–Trinajstić information content (AvgIpc) is 2.92. The summed E-state index contributed by atoms with van der Waals surface area (Å²) in [7, 11) is 0. The molecule has 4 nitrogen and oxygen atoms in total. The van der Waals surface area contributed by atoms with Gasteiger partial charge in [0.05, 0.1) is 0 Å². The molecule has 0 bridgehead atoms. The zero-order chi connectivity index (χ0) is 15.2. The standard InChI is InChI=1S/C15H20F2N2O2.ClH/c1-10-4-5-12(7-13(10)21-9-14(16)17)19-15(20)8-11-3-2-6-18-11;/h4-5,7,11,14,18H,2-3,6,8-9H2,1H3,(H,19,20);1H. The van der Waals surface area contributed by atoms with Gasteiger partial charge in [-0.1, -0.05) is 6.07 Å². The lowest BCUT2D eigenvalue weighted by molar-refractivity contribution is -0.116. The number of rotatable bonds is 6. The van der Waals surface area contributed by atoms with Crippen LogP contribution in [0.15, 0.2) is 18.2 Å². The molecule has 0 aromatic heterocycles. The minimum absolute atomic E-state index is 0. The Kier molecular flexibility index (Phi) is 7.55. The Hall–Kier alpha value is -1.40. The van der Waals surface area contributed by atoms with Gasteiger partial charge in [-0.15, -0.1) is 12.4 Å². The molecule has 7 heteroatoms. The number of halogens is 3. The maximum absolute atomic E-state index is 12.2. The topological polar surface area (TPSA) is 50.4 Å². The first kappa shape index (κ1) is 18.6. The van der Waals surface area contributed by atoms with E-state index in [0.29, 0.717) is 17.9 Å². The Morgan fingerprint density at radius 1 is 1.50 bits per heavy atom. The Morgan fingerprint density at radius 2 is 2.27 bits per heavy atom.